The second-order valence-electron chi connectivity index (χ2n) is 4.47. The van der Waals surface area contributed by atoms with Crippen molar-refractivity contribution in [1.29, 1.82) is 5.26 Å². The first-order valence-corrected chi connectivity index (χ1v) is 5.79. The molecule has 0 spiro atoms. The molecule has 0 bridgehead atoms. The Balaban J connectivity index is 2.30. The van der Waals surface area contributed by atoms with Gasteiger partial charge >= 0.3 is 0 Å². The van der Waals surface area contributed by atoms with E-state index in [4.69, 9.17) is 10.00 Å². The van der Waals surface area contributed by atoms with E-state index in [0.717, 1.165) is 25.7 Å². The molecule has 1 heterocycles. The molecule has 1 aliphatic rings. The van der Waals surface area contributed by atoms with Gasteiger partial charge in [0.25, 0.3) is 0 Å². The Morgan fingerprint density at radius 3 is 2.93 bits per heavy atom. The van der Waals surface area contributed by atoms with Crippen LogP contribution in [0.4, 0.5) is 0 Å². The lowest BCUT2D eigenvalue weighted by Crippen LogP contribution is -2.36. The van der Waals surface area contributed by atoms with E-state index >= 15 is 0 Å². The van der Waals surface area contributed by atoms with Crippen molar-refractivity contribution in [2.45, 2.75) is 70.5 Å². The Morgan fingerprint density at radius 1 is 1.50 bits per heavy atom. The van der Waals surface area contributed by atoms with Gasteiger partial charge in [0, 0.05) is 0 Å². The average molecular weight is 195 g/mol. The van der Waals surface area contributed by atoms with Crippen LogP contribution < -0.4 is 0 Å². The van der Waals surface area contributed by atoms with Crippen molar-refractivity contribution in [3.63, 3.8) is 0 Å². The predicted molar refractivity (Wildman–Crippen MR) is 56.9 cm³/mol. The van der Waals surface area contributed by atoms with E-state index in [0.29, 0.717) is 6.10 Å². The van der Waals surface area contributed by atoms with Crippen LogP contribution in [0.3, 0.4) is 0 Å². The van der Waals surface area contributed by atoms with E-state index in [1.54, 1.807) is 0 Å². The third-order valence-corrected chi connectivity index (χ3v) is 2.97. The Hall–Kier alpha value is -0.550. The fourth-order valence-corrected chi connectivity index (χ4v) is 2.06. The lowest BCUT2D eigenvalue weighted by atomic mass is 9.92. The van der Waals surface area contributed by atoms with E-state index in [1.165, 1.54) is 19.3 Å². The summed E-state index contributed by atoms with van der Waals surface area (Å²) in [6, 6.07) is 2.28. The van der Waals surface area contributed by atoms with Gasteiger partial charge in [-0.2, -0.15) is 5.26 Å². The lowest BCUT2D eigenvalue weighted by Gasteiger charge is -2.33. The maximum absolute atomic E-state index is 8.96. The number of nitrogens with zero attached hydrogens (tertiary/aromatic N) is 1. The van der Waals surface area contributed by atoms with Crippen LogP contribution in [0, 0.1) is 11.3 Å². The lowest BCUT2D eigenvalue weighted by molar-refractivity contribution is -0.0869. The summed E-state index contributed by atoms with van der Waals surface area (Å²) in [6.07, 6.45) is 8.41. The molecule has 0 saturated carbocycles. The second kappa shape index (κ2) is 5.36. The van der Waals surface area contributed by atoms with Gasteiger partial charge in [-0.05, 0) is 32.6 Å². The first kappa shape index (κ1) is 11.5. The highest BCUT2D eigenvalue weighted by molar-refractivity contribution is 5.00. The fourth-order valence-electron chi connectivity index (χ4n) is 2.06. The molecule has 2 unspecified atom stereocenters. The monoisotopic (exact) mass is 195 g/mol. The minimum atomic E-state index is -0.505. The number of hydrogen-bond donors (Lipinski definition) is 0. The largest absolute Gasteiger partial charge is 0.357 e. The first-order valence-electron chi connectivity index (χ1n) is 5.79. The van der Waals surface area contributed by atoms with Crippen molar-refractivity contribution in [2.24, 2.45) is 0 Å². The van der Waals surface area contributed by atoms with Crippen molar-refractivity contribution < 1.29 is 4.74 Å². The Labute approximate surface area is 87.3 Å². The van der Waals surface area contributed by atoms with Crippen LogP contribution in [0.15, 0.2) is 0 Å². The zero-order valence-corrected chi connectivity index (χ0v) is 9.38. The molecule has 1 saturated heterocycles. The van der Waals surface area contributed by atoms with Crippen molar-refractivity contribution in [3.05, 3.63) is 0 Å². The van der Waals surface area contributed by atoms with Crippen molar-refractivity contribution in [1.82, 2.24) is 0 Å². The molecular formula is C12H21NO. The van der Waals surface area contributed by atoms with E-state index < -0.39 is 5.60 Å². The summed E-state index contributed by atoms with van der Waals surface area (Å²) in [5, 5.41) is 8.96. The van der Waals surface area contributed by atoms with Crippen molar-refractivity contribution >= 4 is 0 Å². The van der Waals surface area contributed by atoms with Crippen LogP contribution >= 0.6 is 0 Å². The average Bonchev–Trinajstić information content (AvgIpc) is 2.19. The molecule has 0 aromatic heterocycles. The summed E-state index contributed by atoms with van der Waals surface area (Å²) in [4.78, 5) is 0. The molecule has 2 atom stereocenters. The van der Waals surface area contributed by atoms with Gasteiger partial charge in [-0.1, -0.05) is 26.2 Å². The third kappa shape index (κ3) is 3.31. The topological polar surface area (TPSA) is 33.0 Å². The quantitative estimate of drug-likeness (QED) is 0.644. The number of rotatable bonds is 4. The normalized spacial score (nSPS) is 32.5. The smallest absolute Gasteiger partial charge is 0.151 e. The molecule has 1 aliphatic heterocycles. The Kier molecular flexibility index (Phi) is 4.41. The van der Waals surface area contributed by atoms with E-state index in [9.17, 15) is 0 Å². The molecule has 2 heteroatoms. The zero-order valence-electron chi connectivity index (χ0n) is 9.38. The molecule has 0 radical (unpaired) electrons. The van der Waals surface area contributed by atoms with Gasteiger partial charge in [0.05, 0.1) is 12.2 Å². The maximum Gasteiger partial charge on any atom is 0.151 e. The Bertz CT molecular complexity index is 209. The van der Waals surface area contributed by atoms with Crippen LogP contribution in [0.2, 0.25) is 0 Å². The molecule has 0 amide bonds. The molecule has 2 nitrogen and oxygen atoms in total. The maximum atomic E-state index is 8.96. The van der Waals surface area contributed by atoms with Crippen molar-refractivity contribution in [3.8, 4) is 6.07 Å². The minimum Gasteiger partial charge on any atom is -0.357 e. The summed E-state index contributed by atoms with van der Waals surface area (Å²) < 4.78 is 5.81. The van der Waals surface area contributed by atoms with E-state index in [1.807, 2.05) is 6.92 Å². The molecule has 0 aliphatic carbocycles. The first-order chi connectivity index (χ1) is 6.70. The molecule has 1 fully saturated rings. The summed E-state index contributed by atoms with van der Waals surface area (Å²) >= 11 is 0. The number of ether oxygens (including phenoxy) is 1. The molecule has 0 aromatic rings. The van der Waals surface area contributed by atoms with Gasteiger partial charge in [0.2, 0.25) is 0 Å². The third-order valence-electron chi connectivity index (χ3n) is 2.97. The molecule has 14 heavy (non-hydrogen) atoms. The highest BCUT2D eigenvalue weighted by Gasteiger charge is 2.32. The van der Waals surface area contributed by atoms with Crippen LogP contribution in [0.5, 0.6) is 0 Å². The van der Waals surface area contributed by atoms with E-state index in [2.05, 4.69) is 13.0 Å². The van der Waals surface area contributed by atoms with Gasteiger partial charge in [0.1, 0.15) is 0 Å². The minimum absolute atomic E-state index is 0.333. The van der Waals surface area contributed by atoms with Gasteiger partial charge in [-0.3, -0.25) is 0 Å². The SMILES string of the molecule is CCCCCC1CCCC(C)(C#N)O1. The number of hydrogen-bond acceptors (Lipinski definition) is 2. The van der Waals surface area contributed by atoms with Gasteiger partial charge in [-0.25, -0.2) is 0 Å². The standard InChI is InChI=1S/C12H21NO/c1-3-4-5-7-11-8-6-9-12(2,10-13)14-11/h11H,3-9H2,1-2H3. The molecule has 80 valence electrons. The van der Waals surface area contributed by atoms with Gasteiger partial charge in [-0.15, -0.1) is 0 Å². The molecular weight excluding hydrogens is 174 g/mol. The van der Waals surface area contributed by atoms with Crippen LogP contribution in [0.1, 0.15) is 58.8 Å². The molecule has 0 aromatic carbocycles. The van der Waals surface area contributed by atoms with Crippen LogP contribution in [-0.2, 0) is 4.74 Å². The number of nitriles is 1. The second-order valence-corrected chi connectivity index (χ2v) is 4.47. The molecule has 0 N–H and O–H groups in total. The van der Waals surface area contributed by atoms with E-state index in [-0.39, 0.29) is 0 Å². The fraction of sp³-hybridized carbons (Fsp3) is 0.917. The highest BCUT2D eigenvalue weighted by Crippen LogP contribution is 2.30. The predicted octanol–water partition coefficient (Wildman–Crippen LogP) is 3.42. The Morgan fingerprint density at radius 2 is 2.29 bits per heavy atom. The zero-order chi connectivity index (χ0) is 10.4. The van der Waals surface area contributed by atoms with Gasteiger partial charge in [0.15, 0.2) is 5.60 Å². The summed E-state index contributed by atoms with van der Waals surface area (Å²) in [6.45, 7) is 4.13. The number of unbranched alkanes of at least 4 members (excludes halogenated alkanes) is 2. The summed E-state index contributed by atoms with van der Waals surface area (Å²) in [5.41, 5.74) is -0.505. The van der Waals surface area contributed by atoms with Crippen molar-refractivity contribution in [2.75, 3.05) is 0 Å². The molecule has 1 rings (SSSR count). The summed E-state index contributed by atoms with van der Waals surface area (Å²) in [5.74, 6) is 0. The van der Waals surface area contributed by atoms with Gasteiger partial charge < -0.3 is 4.74 Å². The summed E-state index contributed by atoms with van der Waals surface area (Å²) in [7, 11) is 0. The van der Waals surface area contributed by atoms with Crippen LogP contribution in [-0.4, -0.2) is 11.7 Å². The van der Waals surface area contributed by atoms with Crippen LogP contribution in [0.25, 0.3) is 0 Å². The highest BCUT2D eigenvalue weighted by atomic mass is 16.5.